The third kappa shape index (κ3) is 5.11. The molecule has 0 saturated carbocycles. The number of hydrogen-bond acceptors (Lipinski definition) is 5. The van der Waals surface area contributed by atoms with Crippen LogP contribution < -0.4 is 9.47 Å². The van der Waals surface area contributed by atoms with Gasteiger partial charge in [0.05, 0.1) is 14.2 Å². The van der Waals surface area contributed by atoms with Gasteiger partial charge in [-0.15, -0.1) is 0 Å². The van der Waals surface area contributed by atoms with Crippen LogP contribution in [0.2, 0.25) is 0 Å². The van der Waals surface area contributed by atoms with Gasteiger partial charge in [0, 0.05) is 30.6 Å². The summed E-state index contributed by atoms with van der Waals surface area (Å²) in [6, 6.07) is 5.14. The fourth-order valence-electron chi connectivity index (χ4n) is 2.87. The SMILES string of the molecule is COc1cc(OC)cc(C(=O)C2CCCN(C(=O)OC(C)(C)C)C2)c1. The summed E-state index contributed by atoms with van der Waals surface area (Å²) in [4.78, 5) is 26.8. The molecule has 1 atom stereocenters. The summed E-state index contributed by atoms with van der Waals surface area (Å²) in [7, 11) is 3.10. The molecule has 0 radical (unpaired) electrons. The Kier molecular flexibility index (Phi) is 5.93. The summed E-state index contributed by atoms with van der Waals surface area (Å²) in [5.74, 6) is 0.883. The molecular formula is C19H27NO5. The van der Waals surface area contributed by atoms with E-state index in [1.54, 1.807) is 37.3 Å². The van der Waals surface area contributed by atoms with E-state index >= 15 is 0 Å². The van der Waals surface area contributed by atoms with E-state index in [0.29, 0.717) is 30.2 Å². The number of Topliss-reactive ketones (excluding diaryl/α,β-unsaturated/α-hetero) is 1. The van der Waals surface area contributed by atoms with Crippen molar-refractivity contribution < 1.29 is 23.8 Å². The van der Waals surface area contributed by atoms with Gasteiger partial charge in [0.25, 0.3) is 0 Å². The van der Waals surface area contributed by atoms with E-state index in [1.165, 1.54) is 0 Å². The Morgan fingerprint density at radius 2 is 1.68 bits per heavy atom. The summed E-state index contributed by atoms with van der Waals surface area (Å²) in [5, 5.41) is 0. The van der Waals surface area contributed by atoms with Crippen molar-refractivity contribution in [3.63, 3.8) is 0 Å². The minimum Gasteiger partial charge on any atom is -0.497 e. The fraction of sp³-hybridized carbons (Fsp3) is 0.579. The van der Waals surface area contributed by atoms with Crippen LogP contribution in [-0.4, -0.2) is 49.7 Å². The van der Waals surface area contributed by atoms with E-state index in [0.717, 1.165) is 12.8 Å². The number of amides is 1. The Balaban J connectivity index is 2.13. The second-order valence-corrected chi connectivity index (χ2v) is 7.23. The van der Waals surface area contributed by atoms with Crippen LogP contribution in [0.5, 0.6) is 11.5 Å². The maximum Gasteiger partial charge on any atom is 0.410 e. The highest BCUT2D eigenvalue weighted by Crippen LogP contribution is 2.27. The molecule has 0 spiro atoms. The zero-order valence-corrected chi connectivity index (χ0v) is 15.6. The first-order chi connectivity index (χ1) is 11.7. The molecule has 0 aliphatic carbocycles. The molecule has 1 heterocycles. The van der Waals surface area contributed by atoms with E-state index in [9.17, 15) is 9.59 Å². The van der Waals surface area contributed by atoms with Gasteiger partial charge in [-0.1, -0.05) is 0 Å². The van der Waals surface area contributed by atoms with Crippen molar-refractivity contribution in [1.82, 2.24) is 4.90 Å². The van der Waals surface area contributed by atoms with Crippen LogP contribution in [0.3, 0.4) is 0 Å². The highest BCUT2D eigenvalue weighted by molar-refractivity contribution is 5.99. The number of hydrogen-bond donors (Lipinski definition) is 0. The molecular weight excluding hydrogens is 322 g/mol. The number of ether oxygens (including phenoxy) is 3. The van der Waals surface area contributed by atoms with E-state index in [2.05, 4.69) is 0 Å². The van der Waals surface area contributed by atoms with Crippen LogP contribution in [0.4, 0.5) is 4.79 Å². The van der Waals surface area contributed by atoms with Gasteiger partial charge in [-0.2, -0.15) is 0 Å². The van der Waals surface area contributed by atoms with Crippen LogP contribution in [0.15, 0.2) is 18.2 Å². The molecule has 0 N–H and O–H groups in total. The summed E-state index contributed by atoms with van der Waals surface area (Å²) >= 11 is 0. The molecule has 138 valence electrons. The van der Waals surface area contributed by atoms with Gasteiger partial charge in [0.15, 0.2) is 5.78 Å². The standard InChI is InChI=1S/C19H27NO5/c1-19(2,3)25-18(22)20-8-6-7-13(12-20)17(21)14-9-15(23-4)11-16(10-14)24-5/h9-11,13H,6-8,12H2,1-5H3. The Bertz CT molecular complexity index is 613. The molecule has 1 aliphatic rings. The van der Waals surface area contributed by atoms with Crippen LogP contribution in [0.1, 0.15) is 44.0 Å². The van der Waals surface area contributed by atoms with Crippen molar-refractivity contribution in [3.05, 3.63) is 23.8 Å². The molecule has 1 unspecified atom stereocenters. The lowest BCUT2D eigenvalue weighted by Crippen LogP contribution is -2.44. The minimum atomic E-state index is -0.547. The first-order valence-electron chi connectivity index (χ1n) is 8.48. The van der Waals surface area contributed by atoms with Crippen molar-refractivity contribution in [2.45, 2.75) is 39.2 Å². The number of piperidine rings is 1. The summed E-state index contributed by atoms with van der Waals surface area (Å²) in [5.41, 5.74) is -0.0129. The average Bonchev–Trinajstić information content (AvgIpc) is 2.59. The first-order valence-corrected chi connectivity index (χ1v) is 8.48. The van der Waals surface area contributed by atoms with Crippen molar-refractivity contribution >= 4 is 11.9 Å². The normalized spacial score (nSPS) is 17.8. The highest BCUT2D eigenvalue weighted by Gasteiger charge is 2.31. The smallest absolute Gasteiger partial charge is 0.410 e. The lowest BCUT2D eigenvalue weighted by molar-refractivity contribution is 0.0172. The second kappa shape index (κ2) is 7.76. The van der Waals surface area contributed by atoms with Crippen LogP contribution >= 0.6 is 0 Å². The predicted molar refractivity (Wildman–Crippen MR) is 94.4 cm³/mol. The largest absolute Gasteiger partial charge is 0.497 e. The molecule has 1 fully saturated rings. The summed E-state index contributed by atoms with van der Waals surface area (Å²) in [6.45, 7) is 6.48. The molecule has 1 aromatic carbocycles. The Hall–Kier alpha value is -2.24. The number of benzene rings is 1. The maximum absolute atomic E-state index is 12.9. The Labute approximate surface area is 149 Å². The van der Waals surface area contributed by atoms with Crippen molar-refractivity contribution in [2.24, 2.45) is 5.92 Å². The van der Waals surface area contributed by atoms with Crippen LogP contribution in [0, 0.1) is 5.92 Å². The Morgan fingerprint density at radius 1 is 1.08 bits per heavy atom. The number of nitrogens with zero attached hydrogens (tertiary/aromatic N) is 1. The van der Waals surface area contributed by atoms with Crippen LogP contribution in [-0.2, 0) is 4.74 Å². The maximum atomic E-state index is 12.9. The number of carbonyl (C=O) groups excluding carboxylic acids is 2. The molecule has 2 rings (SSSR count). The van der Waals surface area contributed by atoms with Gasteiger partial charge >= 0.3 is 6.09 Å². The van der Waals surface area contributed by atoms with E-state index in [1.807, 2.05) is 20.8 Å². The van der Waals surface area contributed by atoms with E-state index < -0.39 is 5.60 Å². The zero-order valence-electron chi connectivity index (χ0n) is 15.6. The molecule has 0 bridgehead atoms. The summed E-state index contributed by atoms with van der Waals surface area (Å²) in [6.07, 6.45) is 1.15. The molecule has 6 nitrogen and oxygen atoms in total. The number of likely N-dealkylation sites (tertiary alicyclic amines) is 1. The molecule has 1 amide bonds. The number of ketones is 1. The highest BCUT2D eigenvalue weighted by atomic mass is 16.6. The third-order valence-electron chi connectivity index (χ3n) is 4.08. The number of rotatable bonds is 4. The molecule has 6 heteroatoms. The monoisotopic (exact) mass is 349 g/mol. The van der Waals surface area contributed by atoms with Gasteiger partial charge in [-0.05, 0) is 45.7 Å². The van der Waals surface area contributed by atoms with Crippen molar-refractivity contribution in [1.29, 1.82) is 0 Å². The molecule has 0 aromatic heterocycles. The molecule has 1 aromatic rings. The van der Waals surface area contributed by atoms with E-state index in [4.69, 9.17) is 14.2 Å². The molecule has 1 saturated heterocycles. The van der Waals surface area contributed by atoms with Gasteiger partial charge in [0.1, 0.15) is 17.1 Å². The average molecular weight is 349 g/mol. The quantitative estimate of drug-likeness (QED) is 0.778. The topological polar surface area (TPSA) is 65.1 Å². The fourth-order valence-corrected chi connectivity index (χ4v) is 2.87. The van der Waals surface area contributed by atoms with Crippen molar-refractivity contribution in [3.8, 4) is 11.5 Å². The number of carbonyl (C=O) groups is 2. The van der Waals surface area contributed by atoms with Gasteiger partial charge in [0.2, 0.25) is 0 Å². The third-order valence-corrected chi connectivity index (χ3v) is 4.08. The van der Waals surface area contributed by atoms with Crippen LogP contribution in [0.25, 0.3) is 0 Å². The van der Waals surface area contributed by atoms with E-state index in [-0.39, 0.29) is 17.8 Å². The Morgan fingerprint density at radius 3 is 2.20 bits per heavy atom. The predicted octanol–water partition coefficient (Wildman–Crippen LogP) is 3.53. The lowest BCUT2D eigenvalue weighted by Gasteiger charge is -2.33. The zero-order chi connectivity index (χ0) is 18.6. The summed E-state index contributed by atoms with van der Waals surface area (Å²) < 4.78 is 15.9. The van der Waals surface area contributed by atoms with Gasteiger partial charge < -0.3 is 19.1 Å². The lowest BCUT2D eigenvalue weighted by atomic mass is 9.90. The van der Waals surface area contributed by atoms with Gasteiger partial charge in [-0.25, -0.2) is 4.79 Å². The molecule has 25 heavy (non-hydrogen) atoms. The van der Waals surface area contributed by atoms with Gasteiger partial charge in [-0.3, -0.25) is 4.79 Å². The second-order valence-electron chi connectivity index (χ2n) is 7.23. The minimum absolute atomic E-state index is 0.00883. The molecule has 1 aliphatic heterocycles. The van der Waals surface area contributed by atoms with Crippen molar-refractivity contribution in [2.75, 3.05) is 27.3 Å². The number of methoxy groups -OCH3 is 2. The first kappa shape index (κ1) is 19.1.